The van der Waals surface area contributed by atoms with Gasteiger partial charge in [-0.25, -0.2) is 18.0 Å². The van der Waals surface area contributed by atoms with Crippen LogP contribution in [0, 0.1) is 17.5 Å². The fourth-order valence-electron chi connectivity index (χ4n) is 5.20. The number of aliphatic hydroxyl groups excluding tert-OH is 1. The predicted octanol–water partition coefficient (Wildman–Crippen LogP) is 5.09. The van der Waals surface area contributed by atoms with Gasteiger partial charge in [-0.2, -0.15) is 0 Å². The van der Waals surface area contributed by atoms with Crippen molar-refractivity contribution in [1.82, 2.24) is 4.90 Å². The number of carbonyl (C=O) groups is 1. The van der Waals surface area contributed by atoms with Gasteiger partial charge in [0.15, 0.2) is 17.5 Å². The SMILES string of the molecule is O=C(O)N1[C@H](c2cc(F)c(F)c(F)c2)COC[C@H]1C(O)CC1c2ccccc2-c2ccccc21. The minimum absolute atomic E-state index is 0.0766. The van der Waals surface area contributed by atoms with E-state index >= 15 is 0 Å². The zero-order valence-corrected chi connectivity index (χ0v) is 18.0. The second-order valence-electron chi connectivity index (χ2n) is 8.64. The maximum absolute atomic E-state index is 13.9. The highest BCUT2D eigenvalue weighted by atomic mass is 19.2. The first-order chi connectivity index (χ1) is 16.4. The number of amides is 1. The molecule has 3 aromatic rings. The van der Waals surface area contributed by atoms with E-state index in [1.54, 1.807) is 0 Å². The maximum atomic E-state index is 13.9. The summed E-state index contributed by atoms with van der Waals surface area (Å²) in [6.45, 7) is -0.249. The number of halogens is 3. The van der Waals surface area contributed by atoms with Crippen LogP contribution in [0.25, 0.3) is 11.1 Å². The molecular weight excluding hydrogens is 447 g/mol. The van der Waals surface area contributed by atoms with E-state index in [1.807, 2.05) is 48.5 Å². The molecule has 0 saturated carbocycles. The molecule has 1 amide bonds. The molecule has 176 valence electrons. The van der Waals surface area contributed by atoms with Crippen molar-refractivity contribution in [3.05, 3.63) is 94.8 Å². The average molecular weight is 469 g/mol. The molecule has 0 spiro atoms. The van der Waals surface area contributed by atoms with E-state index in [0.717, 1.165) is 39.3 Å². The van der Waals surface area contributed by atoms with E-state index in [9.17, 15) is 28.2 Å². The third kappa shape index (κ3) is 3.73. The molecule has 0 aromatic heterocycles. The molecule has 1 aliphatic heterocycles. The van der Waals surface area contributed by atoms with Crippen molar-refractivity contribution < 1.29 is 32.9 Å². The van der Waals surface area contributed by atoms with E-state index in [-0.39, 0.29) is 31.1 Å². The van der Waals surface area contributed by atoms with Gasteiger partial charge in [0.2, 0.25) is 0 Å². The molecule has 2 aliphatic rings. The van der Waals surface area contributed by atoms with Crippen molar-refractivity contribution in [1.29, 1.82) is 0 Å². The predicted molar refractivity (Wildman–Crippen MR) is 118 cm³/mol. The Hall–Kier alpha value is -3.36. The number of nitrogens with zero attached hydrogens (tertiary/aromatic N) is 1. The summed E-state index contributed by atoms with van der Waals surface area (Å²) in [6.07, 6.45) is -2.27. The Morgan fingerprint density at radius 1 is 0.971 bits per heavy atom. The lowest BCUT2D eigenvalue weighted by Crippen LogP contribution is -2.55. The summed E-state index contributed by atoms with van der Waals surface area (Å²) in [5.74, 6) is -4.61. The Balaban J connectivity index is 1.46. The largest absolute Gasteiger partial charge is 0.465 e. The number of hydrogen-bond acceptors (Lipinski definition) is 3. The summed E-state index contributed by atoms with van der Waals surface area (Å²) >= 11 is 0. The van der Waals surface area contributed by atoms with Gasteiger partial charge in [0.25, 0.3) is 0 Å². The third-order valence-corrected chi connectivity index (χ3v) is 6.75. The zero-order chi connectivity index (χ0) is 24.0. The van der Waals surface area contributed by atoms with Gasteiger partial charge in [0.05, 0.1) is 31.4 Å². The van der Waals surface area contributed by atoms with Crippen LogP contribution in [0.1, 0.15) is 35.1 Å². The van der Waals surface area contributed by atoms with Crippen molar-refractivity contribution in [2.75, 3.05) is 13.2 Å². The Kier molecular flexibility index (Phi) is 5.79. The van der Waals surface area contributed by atoms with Crippen LogP contribution < -0.4 is 0 Å². The molecule has 8 heteroatoms. The van der Waals surface area contributed by atoms with Crippen molar-refractivity contribution >= 4 is 6.09 Å². The van der Waals surface area contributed by atoms with Crippen LogP contribution in [-0.4, -0.2) is 46.6 Å². The van der Waals surface area contributed by atoms with Gasteiger partial charge in [0.1, 0.15) is 0 Å². The van der Waals surface area contributed by atoms with Crippen molar-refractivity contribution in [3.8, 4) is 11.1 Å². The highest BCUT2D eigenvalue weighted by Crippen LogP contribution is 2.47. The number of fused-ring (bicyclic) bond motifs is 3. The standard InChI is InChI=1S/C26H22F3NO4/c27-20-9-14(10-21(28)25(20)29)22-12-34-13-23(30(22)26(32)33)24(31)11-19-17-7-3-1-5-15(17)16-6-2-4-8-18(16)19/h1-10,19,22-24,31H,11-13H2,(H,32,33)/t22-,23-,24?/m0/s1. The molecule has 2 N–H and O–H groups in total. The van der Waals surface area contributed by atoms with Gasteiger partial charge in [-0.15, -0.1) is 0 Å². The quantitative estimate of drug-likeness (QED) is 0.523. The molecule has 1 aliphatic carbocycles. The number of hydrogen-bond donors (Lipinski definition) is 2. The van der Waals surface area contributed by atoms with Crippen LogP contribution in [-0.2, 0) is 4.74 Å². The van der Waals surface area contributed by atoms with Crippen LogP contribution in [0.4, 0.5) is 18.0 Å². The molecule has 1 unspecified atom stereocenters. The van der Waals surface area contributed by atoms with Gasteiger partial charge < -0.3 is 14.9 Å². The van der Waals surface area contributed by atoms with E-state index < -0.39 is 41.7 Å². The monoisotopic (exact) mass is 469 g/mol. The fraction of sp³-hybridized carbons (Fsp3) is 0.269. The lowest BCUT2D eigenvalue weighted by Gasteiger charge is -2.42. The Labute approximate surface area is 194 Å². The van der Waals surface area contributed by atoms with Gasteiger partial charge in [-0.1, -0.05) is 48.5 Å². The Morgan fingerprint density at radius 2 is 1.53 bits per heavy atom. The zero-order valence-electron chi connectivity index (χ0n) is 18.0. The van der Waals surface area contributed by atoms with Gasteiger partial charge in [-0.3, -0.25) is 4.90 Å². The molecular formula is C26H22F3NO4. The maximum Gasteiger partial charge on any atom is 0.408 e. The minimum atomic E-state index is -1.63. The minimum Gasteiger partial charge on any atom is -0.465 e. The number of ether oxygens (including phenoxy) is 1. The van der Waals surface area contributed by atoms with Gasteiger partial charge >= 0.3 is 6.09 Å². The fourth-order valence-corrected chi connectivity index (χ4v) is 5.20. The summed E-state index contributed by atoms with van der Waals surface area (Å²) in [7, 11) is 0. The topological polar surface area (TPSA) is 70.0 Å². The molecule has 1 saturated heterocycles. The van der Waals surface area contributed by atoms with Crippen LogP contribution in [0.5, 0.6) is 0 Å². The van der Waals surface area contributed by atoms with Crippen LogP contribution in [0.2, 0.25) is 0 Å². The summed E-state index contributed by atoms with van der Waals surface area (Å²) in [5, 5.41) is 21.2. The lowest BCUT2D eigenvalue weighted by molar-refractivity contribution is -0.0811. The van der Waals surface area contributed by atoms with Crippen LogP contribution >= 0.6 is 0 Å². The molecule has 0 bridgehead atoms. The second kappa shape index (κ2) is 8.77. The molecule has 3 atom stereocenters. The molecule has 1 fully saturated rings. The summed E-state index contributed by atoms with van der Waals surface area (Å²) < 4.78 is 46.7. The van der Waals surface area contributed by atoms with Gasteiger partial charge in [0, 0.05) is 5.92 Å². The number of carboxylic acid groups (broad SMARTS) is 1. The molecule has 3 aromatic carbocycles. The molecule has 0 radical (unpaired) electrons. The molecule has 5 nitrogen and oxygen atoms in total. The first kappa shape index (κ1) is 22.4. The summed E-state index contributed by atoms with van der Waals surface area (Å²) in [6, 6.07) is 15.2. The first-order valence-electron chi connectivity index (χ1n) is 11.0. The number of aliphatic hydroxyl groups is 1. The highest BCUT2D eigenvalue weighted by Gasteiger charge is 2.42. The highest BCUT2D eigenvalue weighted by molar-refractivity contribution is 5.78. The van der Waals surface area contributed by atoms with E-state index in [4.69, 9.17) is 4.74 Å². The third-order valence-electron chi connectivity index (χ3n) is 6.75. The van der Waals surface area contributed by atoms with Crippen molar-refractivity contribution in [2.45, 2.75) is 30.5 Å². The van der Waals surface area contributed by atoms with Crippen LogP contribution in [0.3, 0.4) is 0 Å². The number of morpholine rings is 1. The van der Waals surface area contributed by atoms with Crippen LogP contribution in [0.15, 0.2) is 60.7 Å². The molecule has 5 rings (SSSR count). The molecule has 34 heavy (non-hydrogen) atoms. The Morgan fingerprint density at radius 3 is 2.09 bits per heavy atom. The number of benzene rings is 3. The van der Waals surface area contributed by atoms with E-state index in [0.29, 0.717) is 0 Å². The summed E-state index contributed by atoms with van der Waals surface area (Å²) in [4.78, 5) is 13.2. The van der Waals surface area contributed by atoms with Crippen molar-refractivity contribution in [3.63, 3.8) is 0 Å². The van der Waals surface area contributed by atoms with Gasteiger partial charge in [-0.05, 0) is 46.4 Å². The normalized spacial score (nSPS) is 20.6. The van der Waals surface area contributed by atoms with E-state index in [2.05, 4.69) is 0 Å². The average Bonchev–Trinajstić information content (AvgIpc) is 3.15. The second-order valence-corrected chi connectivity index (χ2v) is 8.64. The first-order valence-corrected chi connectivity index (χ1v) is 11.0. The summed E-state index contributed by atoms with van der Waals surface area (Å²) in [5.41, 5.74) is 4.15. The number of rotatable bonds is 4. The van der Waals surface area contributed by atoms with E-state index in [1.165, 1.54) is 0 Å². The lowest BCUT2D eigenvalue weighted by atomic mass is 9.88. The Bertz CT molecular complexity index is 1180. The molecule has 1 heterocycles. The van der Waals surface area contributed by atoms with Crippen molar-refractivity contribution in [2.24, 2.45) is 0 Å². The smallest absolute Gasteiger partial charge is 0.408 e.